The third-order valence-electron chi connectivity index (χ3n) is 4.10. The number of hydrogen-bond donors (Lipinski definition) is 2. The number of halogens is 2. The number of primary amides is 1. The maximum Gasteiger partial charge on any atom is 0.248 e. The van der Waals surface area contributed by atoms with Crippen LogP contribution in [0.4, 0.5) is 5.95 Å². The molecule has 132 valence electrons. The van der Waals surface area contributed by atoms with E-state index in [1.165, 1.54) is 11.3 Å². The van der Waals surface area contributed by atoms with Gasteiger partial charge in [0.1, 0.15) is 6.04 Å². The molecule has 0 saturated carbocycles. The molecular formula is C17H13Cl2N5OS. The molecule has 1 aromatic carbocycles. The number of allylic oxidation sites excluding steroid dienone is 1. The minimum absolute atomic E-state index is 0.434. The topological polar surface area (TPSA) is 85.8 Å². The summed E-state index contributed by atoms with van der Waals surface area (Å²) in [5.74, 6) is 0.460. The number of benzene rings is 1. The summed E-state index contributed by atoms with van der Waals surface area (Å²) in [6.07, 6.45) is 0. The highest BCUT2D eigenvalue weighted by Gasteiger charge is 2.34. The molecule has 0 radical (unpaired) electrons. The van der Waals surface area contributed by atoms with E-state index in [2.05, 4.69) is 15.4 Å². The van der Waals surface area contributed by atoms with Crippen LogP contribution in [-0.2, 0) is 4.79 Å². The Hall–Kier alpha value is -2.35. The molecule has 4 rings (SSSR count). The van der Waals surface area contributed by atoms with Crippen molar-refractivity contribution >= 4 is 46.4 Å². The molecule has 3 heterocycles. The van der Waals surface area contributed by atoms with Crippen LogP contribution in [0.3, 0.4) is 0 Å². The second-order valence-electron chi connectivity index (χ2n) is 5.77. The van der Waals surface area contributed by atoms with E-state index in [0.29, 0.717) is 38.7 Å². The van der Waals surface area contributed by atoms with Crippen molar-refractivity contribution < 1.29 is 4.79 Å². The van der Waals surface area contributed by atoms with Gasteiger partial charge in [-0.3, -0.25) is 4.79 Å². The Morgan fingerprint density at radius 1 is 1.35 bits per heavy atom. The summed E-state index contributed by atoms with van der Waals surface area (Å²) in [7, 11) is 0. The van der Waals surface area contributed by atoms with Crippen LogP contribution in [0, 0.1) is 0 Å². The first kappa shape index (κ1) is 17.1. The van der Waals surface area contributed by atoms with Crippen LogP contribution in [0.25, 0.3) is 11.4 Å². The van der Waals surface area contributed by atoms with Gasteiger partial charge in [0, 0.05) is 21.2 Å². The van der Waals surface area contributed by atoms with Gasteiger partial charge in [0.25, 0.3) is 0 Å². The third-order valence-corrected chi connectivity index (χ3v) is 5.58. The number of nitrogens with zero attached hydrogens (tertiary/aromatic N) is 3. The maximum atomic E-state index is 12.1. The zero-order chi connectivity index (χ0) is 18.4. The second kappa shape index (κ2) is 6.42. The lowest BCUT2D eigenvalue weighted by Gasteiger charge is -2.26. The van der Waals surface area contributed by atoms with E-state index < -0.39 is 11.9 Å². The van der Waals surface area contributed by atoms with E-state index in [0.717, 1.165) is 4.88 Å². The molecular weight excluding hydrogens is 393 g/mol. The molecule has 1 atom stereocenters. The van der Waals surface area contributed by atoms with Crippen LogP contribution in [0.15, 0.2) is 47.0 Å². The lowest BCUT2D eigenvalue weighted by Crippen LogP contribution is -2.31. The van der Waals surface area contributed by atoms with Crippen LogP contribution < -0.4 is 11.1 Å². The van der Waals surface area contributed by atoms with Crippen molar-refractivity contribution in [2.24, 2.45) is 5.73 Å². The lowest BCUT2D eigenvalue weighted by atomic mass is 10.0. The van der Waals surface area contributed by atoms with Gasteiger partial charge in [-0.1, -0.05) is 29.3 Å². The fraction of sp³-hybridized carbons (Fsp3) is 0.118. The van der Waals surface area contributed by atoms with Crippen molar-refractivity contribution in [1.29, 1.82) is 0 Å². The SMILES string of the molecule is CC1=C(C(N)=O)C(c2cccs2)n2nc(-c3ccc(Cl)cc3Cl)nc2N1. The van der Waals surface area contributed by atoms with E-state index in [4.69, 9.17) is 28.9 Å². The number of thiophene rings is 1. The van der Waals surface area contributed by atoms with Gasteiger partial charge in [-0.2, -0.15) is 4.98 Å². The van der Waals surface area contributed by atoms with Crippen LogP contribution in [0.5, 0.6) is 0 Å². The monoisotopic (exact) mass is 405 g/mol. The van der Waals surface area contributed by atoms with Gasteiger partial charge >= 0.3 is 0 Å². The Bertz CT molecular complexity index is 1040. The highest BCUT2D eigenvalue weighted by molar-refractivity contribution is 7.10. The van der Waals surface area contributed by atoms with E-state index in [1.807, 2.05) is 17.5 Å². The zero-order valence-electron chi connectivity index (χ0n) is 13.5. The molecule has 3 aromatic rings. The van der Waals surface area contributed by atoms with Gasteiger partial charge in [-0.15, -0.1) is 16.4 Å². The van der Waals surface area contributed by atoms with Crippen LogP contribution in [0.1, 0.15) is 17.8 Å². The summed E-state index contributed by atoms with van der Waals surface area (Å²) in [6, 6.07) is 8.56. The first-order valence-electron chi connectivity index (χ1n) is 7.68. The van der Waals surface area contributed by atoms with E-state index in [9.17, 15) is 4.79 Å². The van der Waals surface area contributed by atoms with Crippen molar-refractivity contribution in [2.45, 2.75) is 13.0 Å². The van der Waals surface area contributed by atoms with Crippen LogP contribution in [0.2, 0.25) is 10.0 Å². The molecule has 1 aliphatic rings. The van der Waals surface area contributed by atoms with Crippen molar-refractivity contribution in [1.82, 2.24) is 14.8 Å². The first-order valence-corrected chi connectivity index (χ1v) is 9.32. The lowest BCUT2D eigenvalue weighted by molar-refractivity contribution is -0.115. The molecule has 1 aliphatic heterocycles. The van der Waals surface area contributed by atoms with Gasteiger partial charge in [0.2, 0.25) is 11.9 Å². The van der Waals surface area contributed by atoms with Crippen molar-refractivity contribution in [3.8, 4) is 11.4 Å². The summed E-state index contributed by atoms with van der Waals surface area (Å²) in [5.41, 5.74) is 7.41. The Labute approximate surface area is 163 Å². The molecule has 0 fully saturated rings. The summed E-state index contributed by atoms with van der Waals surface area (Å²) in [6.45, 7) is 1.80. The highest BCUT2D eigenvalue weighted by atomic mass is 35.5. The molecule has 0 saturated heterocycles. The summed E-state index contributed by atoms with van der Waals surface area (Å²) >= 11 is 13.8. The molecule has 0 spiro atoms. The number of rotatable bonds is 3. The van der Waals surface area contributed by atoms with Crippen molar-refractivity contribution in [2.75, 3.05) is 5.32 Å². The molecule has 6 nitrogen and oxygen atoms in total. The fourth-order valence-corrected chi connectivity index (χ4v) is 4.28. The maximum absolute atomic E-state index is 12.1. The zero-order valence-corrected chi connectivity index (χ0v) is 15.9. The van der Waals surface area contributed by atoms with E-state index in [1.54, 1.807) is 29.8 Å². The standard InChI is InChI=1S/C17H13Cl2N5OS/c1-8-13(15(20)25)14(12-3-2-6-26-12)24-17(21-8)22-16(23-24)10-5-4-9(18)7-11(10)19/h2-7,14H,1H3,(H2,20,25)(H,21,22,23). The molecule has 0 bridgehead atoms. The number of nitrogens with two attached hydrogens (primary N) is 1. The minimum atomic E-state index is -0.499. The molecule has 0 aliphatic carbocycles. The molecule has 1 unspecified atom stereocenters. The fourth-order valence-electron chi connectivity index (χ4n) is 2.97. The average molecular weight is 406 g/mol. The predicted molar refractivity (Wildman–Crippen MR) is 103 cm³/mol. The summed E-state index contributed by atoms with van der Waals surface area (Å²) in [5, 5.41) is 10.6. The van der Waals surface area contributed by atoms with Gasteiger partial charge in [-0.05, 0) is 36.6 Å². The molecule has 9 heteroatoms. The average Bonchev–Trinajstić information content (AvgIpc) is 3.22. The Morgan fingerprint density at radius 3 is 2.81 bits per heavy atom. The Kier molecular flexibility index (Phi) is 4.22. The number of carbonyl (C=O) groups excluding carboxylic acids is 1. The molecule has 3 N–H and O–H groups in total. The quantitative estimate of drug-likeness (QED) is 0.686. The Balaban J connectivity index is 1.88. The highest BCUT2D eigenvalue weighted by Crippen LogP contribution is 2.38. The first-order chi connectivity index (χ1) is 12.5. The number of fused-ring (bicyclic) bond motifs is 1. The minimum Gasteiger partial charge on any atom is -0.366 e. The predicted octanol–water partition coefficient (Wildman–Crippen LogP) is 4.09. The Morgan fingerprint density at radius 2 is 2.15 bits per heavy atom. The summed E-state index contributed by atoms with van der Waals surface area (Å²) < 4.78 is 1.67. The smallest absolute Gasteiger partial charge is 0.248 e. The van der Waals surface area contributed by atoms with Gasteiger partial charge in [0.05, 0.1) is 10.6 Å². The van der Waals surface area contributed by atoms with E-state index in [-0.39, 0.29) is 0 Å². The molecule has 2 aromatic heterocycles. The number of amides is 1. The van der Waals surface area contributed by atoms with Gasteiger partial charge in [0.15, 0.2) is 5.82 Å². The normalized spacial score (nSPS) is 16.3. The number of nitrogens with one attached hydrogen (secondary N) is 1. The van der Waals surface area contributed by atoms with Crippen LogP contribution in [-0.4, -0.2) is 20.7 Å². The third kappa shape index (κ3) is 2.78. The number of aromatic nitrogens is 3. The van der Waals surface area contributed by atoms with Crippen molar-refractivity contribution in [3.63, 3.8) is 0 Å². The number of hydrogen-bond acceptors (Lipinski definition) is 5. The van der Waals surface area contributed by atoms with Crippen molar-refractivity contribution in [3.05, 3.63) is 61.9 Å². The number of carbonyl (C=O) groups is 1. The molecule has 26 heavy (non-hydrogen) atoms. The van der Waals surface area contributed by atoms with Gasteiger partial charge < -0.3 is 11.1 Å². The largest absolute Gasteiger partial charge is 0.366 e. The van der Waals surface area contributed by atoms with Gasteiger partial charge in [-0.25, -0.2) is 4.68 Å². The second-order valence-corrected chi connectivity index (χ2v) is 7.60. The van der Waals surface area contributed by atoms with E-state index >= 15 is 0 Å². The molecule has 1 amide bonds. The van der Waals surface area contributed by atoms with Crippen LogP contribution >= 0.6 is 34.5 Å². The number of anilines is 1. The summed E-state index contributed by atoms with van der Waals surface area (Å²) in [4.78, 5) is 17.6.